The maximum absolute atomic E-state index is 12.0. The molecule has 1 atom stereocenters. The van der Waals surface area contributed by atoms with Crippen LogP contribution >= 0.6 is 0 Å². The van der Waals surface area contributed by atoms with Crippen LogP contribution in [-0.2, 0) is 16.6 Å². The van der Waals surface area contributed by atoms with Crippen molar-refractivity contribution in [2.75, 3.05) is 13.7 Å². The Morgan fingerprint density at radius 3 is 2.72 bits per heavy atom. The Morgan fingerprint density at radius 1 is 1.61 bits per heavy atom. The number of nitrogens with zero attached hydrogens (tertiary/aromatic N) is 2. The summed E-state index contributed by atoms with van der Waals surface area (Å²) in [5, 5.41) is 15.4. The number of carboxylic acids is 1. The van der Waals surface area contributed by atoms with Crippen LogP contribution in [0, 0.1) is 0 Å². The van der Waals surface area contributed by atoms with Gasteiger partial charge in [0.2, 0.25) is 0 Å². The summed E-state index contributed by atoms with van der Waals surface area (Å²) in [6, 6.07) is 1.56. The summed E-state index contributed by atoms with van der Waals surface area (Å²) in [6.45, 7) is 1.74. The van der Waals surface area contributed by atoms with Crippen molar-refractivity contribution in [3.63, 3.8) is 0 Å². The van der Waals surface area contributed by atoms with Crippen LogP contribution in [0.3, 0.4) is 0 Å². The minimum Gasteiger partial charge on any atom is -0.481 e. The Morgan fingerprint density at radius 2 is 2.28 bits per heavy atom. The fraction of sp³-hybridized carbons (Fsp3) is 0.545. The fourth-order valence-electron chi connectivity index (χ4n) is 1.72. The van der Waals surface area contributed by atoms with Crippen LogP contribution in [0.4, 0.5) is 0 Å². The van der Waals surface area contributed by atoms with Gasteiger partial charge in [-0.05, 0) is 13.0 Å². The van der Waals surface area contributed by atoms with Gasteiger partial charge in [0.05, 0.1) is 18.6 Å². The highest BCUT2D eigenvalue weighted by molar-refractivity contribution is 5.93. The van der Waals surface area contributed by atoms with Crippen molar-refractivity contribution in [3.05, 3.63) is 18.0 Å². The van der Waals surface area contributed by atoms with Gasteiger partial charge in [-0.25, -0.2) is 0 Å². The van der Waals surface area contributed by atoms with Crippen molar-refractivity contribution >= 4 is 11.9 Å². The molecule has 0 saturated heterocycles. The first-order valence-corrected chi connectivity index (χ1v) is 5.39. The van der Waals surface area contributed by atoms with Crippen LogP contribution in [0.2, 0.25) is 0 Å². The van der Waals surface area contributed by atoms with Gasteiger partial charge in [-0.15, -0.1) is 0 Å². The van der Waals surface area contributed by atoms with Gasteiger partial charge in [-0.1, -0.05) is 0 Å². The monoisotopic (exact) mass is 255 g/mol. The molecule has 0 aliphatic rings. The van der Waals surface area contributed by atoms with Gasteiger partial charge >= 0.3 is 5.97 Å². The van der Waals surface area contributed by atoms with E-state index >= 15 is 0 Å². The summed E-state index contributed by atoms with van der Waals surface area (Å²) in [5.41, 5.74) is -0.593. The van der Waals surface area contributed by atoms with Gasteiger partial charge < -0.3 is 15.2 Å². The molecule has 7 heteroatoms. The molecule has 0 saturated carbocycles. The van der Waals surface area contributed by atoms with Gasteiger partial charge in [0.15, 0.2) is 0 Å². The molecular weight excluding hydrogens is 238 g/mol. The molecule has 1 aromatic rings. The van der Waals surface area contributed by atoms with E-state index in [4.69, 9.17) is 9.84 Å². The lowest BCUT2D eigenvalue weighted by molar-refractivity contribution is -0.139. The SMILES string of the molecule is COCC(C)(CC(=O)O)NC(=O)c1ccnn1C. The number of hydrogen-bond donors (Lipinski definition) is 2. The molecule has 0 fully saturated rings. The largest absolute Gasteiger partial charge is 0.481 e. The first-order valence-electron chi connectivity index (χ1n) is 5.39. The summed E-state index contributed by atoms with van der Waals surface area (Å²) in [6.07, 6.45) is 1.28. The summed E-state index contributed by atoms with van der Waals surface area (Å²) in [5.74, 6) is -1.38. The number of rotatable bonds is 6. The quantitative estimate of drug-likeness (QED) is 0.748. The highest BCUT2D eigenvalue weighted by Crippen LogP contribution is 2.12. The van der Waals surface area contributed by atoms with Crippen LogP contribution in [0.25, 0.3) is 0 Å². The molecule has 7 nitrogen and oxygen atoms in total. The number of carboxylic acid groups (broad SMARTS) is 1. The molecule has 2 N–H and O–H groups in total. The van der Waals surface area contributed by atoms with Crippen LogP contribution < -0.4 is 5.32 Å². The lowest BCUT2D eigenvalue weighted by Crippen LogP contribution is -2.51. The fourth-order valence-corrected chi connectivity index (χ4v) is 1.72. The van der Waals surface area contributed by atoms with Crippen molar-refractivity contribution in [1.82, 2.24) is 15.1 Å². The minimum absolute atomic E-state index is 0.114. The van der Waals surface area contributed by atoms with Gasteiger partial charge in [0.25, 0.3) is 5.91 Å². The van der Waals surface area contributed by atoms with E-state index in [0.717, 1.165) is 0 Å². The number of nitrogens with one attached hydrogen (secondary N) is 1. The predicted molar refractivity (Wildman–Crippen MR) is 63.2 cm³/mol. The number of carbonyl (C=O) groups excluding carboxylic acids is 1. The maximum Gasteiger partial charge on any atom is 0.305 e. The Balaban J connectivity index is 2.81. The molecular formula is C11H17N3O4. The van der Waals surface area contributed by atoms with Crippen molar-refractivity contribution in [3.8, 4) is 0 Å². The van der Waals surface area contributed by atoms with Crippen LogP contribution in [-0.4, -0.2) is 46.0 Å². The standard InChI is InChI=1S/C11H17N3O4/c1-11(7-18-3,6-9(15)16)13-10(17)8-4-5-12-14(8)2/h4-5H,6-7H2,1-3H3,(H,13,17)(H,15,16). The molecule has 0 aliphatic heterocycles. The molecule has 1 unspecified atom stereocenters. The molecule has 100 valence electrons. The van der Waals surface area contributed by atoms with E-state index in [1.165, 1.54) is 18.0 Å². The highest BCUT2D eigenvalue weighted by Gasteiger charge is 2.30. The van der Waals surface area contributed by atoms with Crippen molar-refractivity contribution in [2.45, 2.75) is 18.9 Å². The van der Waals surface area contributed by atoms with Crippen molar-refractivity contribution in [1.29, 1.82) is 0 Å². The zero-order valence-corrected chi connectivity index (χ0v) is 10.6. The molecule has 1 rings (SSSR count). The number of methoxy groups -OCH3 is 1. The van der Waals surface area contributed by atoms with Crippen LogP contribution in [0.1, 0.15) is 23.8 Å². The normalized spacial score (nSPS) is 13.9. The predicted octanol–water partition coefficient (Wildman–Crippen LogP) is 0.0297. The number of amides is 1. The second kappa shape index (κ2) is 5.63. The number of hydrogen-bond acceptors (Lipinski definition) is 4. The third kappa shape index (κ3) is 3.56. The zero-order chi connectivity index (χ0) is 13.8. The van der Waals surface area contributed by atoms with Gasteiger partial charge in [-0.2, -0.15) is 5.10 Å². The van der Waals surface area contributed by atoms with Crippen molar-refractivity contribution in [2.24, 2.45) is 7.05 Å². The highest BCUT2D eigenvalue weighted by atomic mass is 16.5. The summed E-state index contributed by atoms with van der Waals surface area (Å²) >= 11 is 0. The van der Waals surface area contributed by atoms with E-state index in [1.807, 2.05) is 0 Å². The Bertz CT molecular complexity index is 443. The smallest absolute Gasteiger partial charge is 0.305 e. The molecule has 0 spiro atoms. The first-order chi connectivity index (χ1) is 8.38. The lowest BCUT2D eigenvalue weighted by Gasteiger charge is -2.28. The topological polar surface area (TPSA) is 93.4 Å². The lowest BCUT2D eigenvalue weighted by atomic mass is 9.98. The van der Waals surface area contributed by atoms with Crippen molar-refractivity contribution < 1.29 is 19.4 Å². The zero-order valence-electron chi connectivity index (χ0n) is 10.6. The van der Waals surface area contributed by atoms with Gasteiger partial charge in [-0.3, -0.25) is 14.3 Å². The number of aromatic nitrogens is 2. The number of aliphatic carboxylic acids is 1. The first kappa shape index (κ1) is 14.2. The summed E-state index contributed by atoms with van der Waals surface area (Å²) < 4.78 is 6.38. The average molecular weight is 255 g/mol. The second-order valence-electron chi connectivity index (χ2n) is 4.36. The minimum atomic E-state index is -1.00. The number of ether oxygens (including phenoxy) is 1. The Hall–Kier alpha value is -1.89. The van der Waals surface area contributed by atoms with Gasteiger partial charge in [0.1, 0.15) is 5.69 Å². The van der Waals surface area contributed by atoms with E-state index in [0.29, 0.717) is 5.69 Å². The maximum atomic E-state index is 12.0. The molecule has 1 amide bonds. The summed E-state index contributed by atoms with van der Waals surface area (Å²) in [4.78, 5) is 22.8. The molecule has 1 heterocycles. The molecule has 18 heavy (non-hydrogen) atoms. The van der Waals surface area contributed by atoms with E-state index in [2.05, 4.69) is 10.4 Å². The van der Waals surface area contributed by atoms with Gasteiger partial charge in [0, 0.05) is 20.4 Å². The molecule has 0 radical (unpaired) electrons. The summed E-state index contributed by atoms with van der Waals surface area (Å²) in [7, 11) is 3.09. The Kier molecular flexibility index (Phi) is 4.43. The third-order valence-electron chi connectivity index (χ3n) is 2.47. The second-order valence-corrected chi connectivity index (χ2v) is 4.36. The molecule has 1 aromatic heterocycles. The van der Waals surface area contributed by atoms with Crippen LogP contribution in [0.5, 0.6) is 0 Å². The average Bonchev–Trinajstić information content (AvgIpc) is 2.62. The van der Waals surface area contributed by atoms with E-state index in [1.54, 1.807) is 20.0 Å². The molecule has 0 bridgehead atoms. The van der Waals surface area contributed by atoms with E-state index in [9.17, 15) is 9.59 Å². The molecule has 0 aliphatic carbocycles. The Labute approximate surface area is 105 Å². The van der Waals surface area contributed by atoms with E-state index < -0.39 is 11.5 Å². The number of aryl methyl sites for hydroxylation is 1. The van der Waals surface area contributed by atoms with Crippen LogP contribution in [0.15, 0.2) is 12.3 Å². The number of carbonyl (C=O) groups is 2. The third-order valence-corrected chi connectivity index (χ3v) is 2.47. The molecule has 0 aromatic carbocycles. The van der Waals surface area contributed by atoms with E-state index in [-0.39, 0.29) is 18.9 Å².